The van der Waals surface area contributed by atoms with Crippen LogP contribution < -0.4 is 60.1 Å². The van der Waals surface area contributed by atoms with E-state index < -0.39 is 0 Å². The molecule has 9 rings (SSSR count). The number of nitrogens with zero attached hydrogens (tertiary/aromatic N) is 3. The molecule has 0 spiro atoms. The molecule has 2 aromatic heterocycles. The summed E-state index contributed by atoms with van der Waals surface area (Å²) in [5, 5.41) is 2.30. The van der Waals surface area contributed by atoms with E-state index in [-0.39, 0.29) is 0 Å². The Morgan fingerprint density at radius 3 is 1.10 bits per heavy atom. The Hall–Kier alpha value is -5.94. The van der Waals surface area contributed by atoms with Crippen molar-refractivity contribution in [3.63, 3.8) is 0 Å². The summed E-state index contributed by atoms with van der Waals surface area (Å²) in [6.45, 7) is 0. The van der Waals surface area contributed by atoms with Gasteiger partial charge in [0.2, 0.25) is 0 Å². The van der Waals surface area contributed by atoms with Crippen LogP contribution in [0.3, 0.4) is 0 Å². The molecule has 9 aromatic rings. The molecule has 0 bridgehead atoms. The van der Waals surface area contributed by atoms with Crippen molar-refractivity contribution in [3.8, 4) is 67.5 Å². The second-order valence-corrected chi connectivity index (χ2v) is 16.7. The van der Waals surface area contributed by atoms with E-state index in [0.29, 0.717) is 17.5 Å². The van der Waals surface area contributed by atoms with Crippen LogP contribution in [-0.4, -0.2) is 101 Å². The number of hydrogen-bond acceptors (Lipinski definition) is 4. The quantitative estimate of drug-likeness (QED) is 0.159. The fourth-order valence-corrected chi connectivity index (χ4v) is 9.32. The molecule has 4 nitrogen and oxygen atoms in total. The molecule has 0 saturated heterocycles. The fourth-order valence-electron chi connectivity index (χ4n) is 9.32. The van der Waals surface area contributed by atoms with Crippen LogP contribution in [-0.2, 0) is 0 Å². The zero-order valence-electron chi connectivity index (χ0n) is 36.6. The fraction of sp³-hybridized carbons (Fsp3) is 0. The third-order valence-electron chi connectivity index (χ3n) is 13.6. The molecule has 7 aromatic carbocycles. The Kier molecular flexibility index (Phi) is 10.1. The van der Waals surface area contributed by atoms with Gasteiger partial charge in [0.05, 0.1) is 0 Å². The van der Waals surface area contributed by atoms with E-state index >= 15 is 0 Å². The average molecular weight is 758 g/mol. The average Bonchev–Trinajstić information content (AvgIpc) is 3.69. The highest BCUT2D eigenvalue weighted by Crippen LogP contribution is 2.33. The highest BCUT2D eigenvalue weighted by molar-refractivity contribution is 6.71. The van der Waals surface area contributed by atoms with Gasteiger partial charge in [-0.05, 0) is 27.8 Å². The van der Waals surface area contributed by atoms with Crippen molar-refractivity contribution < 1.29 is 4.42 Å². The molecule has 0 fully saturated rings. The molecule has 0 atom stereocenters. The van der Waals surface area contributed by atoms with Crippen LogP contribution in [0.5, 0.6) is 0 Å². The first-order valence-corrected chi connectivity index (χ1v) is 21.0. The number of fused-ring (bicyclic) bond motifs is 3. The Morgan fingerprint density at radius 2 is 0.617 bits per heavy atom. The summed E-state index contributed by atoms with van der Waals surface area (Å²) < 4.78 is 7.19. The van der Waals surface area contributed by atoms with Gasteiger partial charge >= 0.3 is 0 Å². The summed E-state index contributed by atoms with van der Waals surface area (Å²) in [5.41, 5.74) is 25.6. The normalized spacial score (nSPS) is 11.4. The Bertz CT molecular complexity index is 3060. The number of aromatic nitrogens is 3. The molecule has 0 aliphatic carbocycles. The maximum atomic E-state index is 7.19. The first kappa shape index (κ1) is 39.5. The van der Waals surface area contributed by atoms with Crippen LogP contribution >= 0.6 is 0 Å². The van der Waals surface area contributed by atoms with Crippen molar-refractivity contribution in [1.82, 2.24) is 15.0 Å². The Labute approximate surface area is 362 Å². The molecule has 0 unspecified atom stereocenters. The van der Waals surface area contributed by atoms with Crippen LogP contribution in [0.2, 0.25) is 0 Å². The molecule has 0 N–H and O–H groups in total. The van der Waals surface area contributed by atoms with E-state index in [1.165, 1.54) is 71.3 Å². The highest BCUT2D eigenvalue weighted by Gasteiger charge is 2.27. The predicted molar refractivity (Wildman–Crippen MR) is 290 cm³/mol. The standard InChI is InChI=1S/C45H40B11N3O/c46-30-27-28-34(50)36(52)33(49)26(25-31(47)37(53)39(55)38(54)32(25)48)41(28)60-42(27)40(56)35(51)29(30)45-58-43(23-15-11-21(12-16-23)19-7-3-1-4-8-19)57-44(59-45)24-17-13-22(14-18-24)20-9-5-2-6-10-20/h1-18H,46-56H2. The minimum Gasteiger partial charge on any atom is -0.456 e. The minimum atomic E-state index is 0.636. The van der Waals surface area contributed by atoms with Gasteiger partial charge in [-0.1, -0.05) is 153 Å². The first-order chi connectivity index (χ1) is 28.8. The minimum absolute atomic E-state index is 0.636. The number of rotatable bonds is 6. The van der Waals surface area contributed by atoms with Crippen LogP contribution in [0.1, 0.15) is 0 Å². The van der Waals surface area contributed by atoms with Gasteiger partial charge in [-0.25, -0.2) is 15.0 Å². The topological polar surface area (TPSA) is 51.8 Å². The zero-order chi connectivity index (χ0) is 42.1. The Morgan fingerprint density at radius 1 is 0.267 bits per heavy atom. The number of benzene rings is 7. The van der Waals surface area contributed by atoms with Gasteiger partial charge in [0, 0.05) is 33.0 Å². The van der Waals surface area contributed by atoms with Gasteiger partial charge in [-0.15, -0.1) is 16.4 Å². The van der Waals surface area contributed by atoms with Crippen molar-refractivity contribution in [2.45, 2.75) is 0 Å². The Balaban J connectivity index is 1.29. The molecule has 0 aliphatic heterocycles. The maximum Gasteiger partial charge on any atom is 0.164 e. The van der Waals surface area contributed by atoms with Crippen LogP contribution in [0, 0.1) is 0 Å². The smallest absolute Gasteiger partial charge is 0.164 e. The molecule has 0 radical (unpaired) electrons. The van der Waals surface area contributed by atoms with Gasteiger partial charge in [0.1, 0.15) is 97.5 Å². The lowest BCUT2D eigenvalue weighted by Gasteiger charge is -2.23. The van der Waals surface area contributed by atoms with Crippen molar-refractivity contribution in [2.24, 2.45) is 0 Å². The predicted octanol–water partition coefficient (Wildman–Crippen LogP) is -7.38. The molecule has 0 saturated carbocycles. The lowest BCUT2D eigenvalue weighted by molar-refractivity contribution is 0.673. The van der Waals surface area contributed by atoms with E-state index in [1.54, 1.807) is 0 Å². The number of hydrogen-bond donors (Lipinski definition) is 0. The maximum absolute atomic E-state index is 7.19. The second-order valence-electron chi connectivity index (χ2n) is 16.7. The lowest BCUT2D eigenvalue weighted by atomic mass is 9.58. The SMILES string of the molecule is Bc1c(B)c(B)c(-c2c(B)c(B)c(B)c3c2oc2c(B)c(B)c(-c4nc(-c5ccc(-c6ccccc6)cc5)nc(-c5ccc(-c6ccccc6)cc5)n4)c(B)c23)c(B)c1B. The van der Waals surface area contributed by atoms with Crippen molar-refractivity contribution in [1.29, 1.82) is 0 Å². The first-order valence-electron chi connectivity index (χ1n) is 21.0. The second kappa shape index (κ2) is 15.3. The summed E-state index contributed by atoms with van der Waals surface area (Å²) in [4.78, 5) is 15.8. The van der Waals surface area contributed by atoms with E-state index in [4.69, 9.17) is 19.4 Å². The van der Waals surface area contributed by atoms with E-state index in [9.17, 15) is 0 Å². The van der Waals surface area contributed by atoms with Crippen LogP contribution in [0.4, 0.5) is 0 Å². The summed E-state index contributed by atoms with van der Waals surface area (Å²) in [7, 11) is 24.6. The van der Waals surface area contributed by atoms with Gasteiger partial charge in [0.25, 0.3) is 0 Å². The van der Waals surface area contributed by atoms with Crippen molar-refractivity contribution >= 4 is 168 Å². The summed E-state index contributed by atoms with van der Waals surface area (Å²) in [6.07, 6.45) is 0. The third-order valence-corrected chi connectivity index (χ3v) is 13.6. The van der Waals surface area contributed by atoms with E-state index in [1.807, 2.05) is 12.1 Å². The van der Waals surface area contributed by atoms with Crippen LogP contribution in [0.15, 0.2) is 114 Å². The van der Waals surface area contributed by atoms with Crippen LogP contribution in [0.25, 0.3) is 89.5 Å². The molecule has 0 aliphatic rings. The van der Waals surface area contributed by atoms with Gasteiger partial charge in [-0.2, -0.15) is 0 Å². The summed E-state index contributed by atoms with van der Waals surface area (Å²) >= 11 is 0. The molecule has 274 valence electrons. The molecular formula is C45H40B11N3O. The van der Waals surface area contributed by atoms with Crippen molar-refractivity contribution in [3.05, 3.63) is 109 Å². The van der Waals surface area contributed by atoms with Gasteiger partial charge in [0.15, 0.2) is 17.5 Å². The van der Waals surface area contributed by atoms with E-state index in [2.05, 4.69) is 183 Å². The van der Waals surface area contributed by atoms with Gasteiger partial charge < -0.3 is 4.42 Å². The summed E-state index contributed by atoms with van der Waals surface area (Å²) in [5.74, 6) is 1.93. The monoisotopic (exact) mass is 759 g/mol. The van der Waals surface area contributed by atoms with E-state index in [0.717, 1.165) is 60.8 Å². The molecule has 2 heterocycles. The lowest BCUT2D eigenvalue weighted by Crippen LogP contribution is -2.56. The van der Waals surface area contributed by atoms with Crippen molar-refractivity contribution in [2.75, 3.05) is 0 Å². The molecule has 0 amide bonds. The largest absolute Gasteiger partial charge is 0.456 e. The third kappa shape index (κ3) is 6.36. The molecular weight excluding hydrogens is 717 g/mol. The summed E-state index contributed by atoms with van der Waals surface area (Å²) in [6, 6.07) is 38.0. The molecule has 60 heavy (non-hydrogen) atoms. The van der Waals surface area contributed by atoms with Gasteiger partial charge in [-0.3, -0.25) is 0 Å². The number of furan rings is 1. The molecule has 15 heteroatoms. The highest BCUT2D eigenvalue weighted by atomic mass is 16.3. The zero-order valence-corrected chi connectivity index (χ0v) is 36.6.